The molecule has 0 atom stereocenters. The number of alkyl halides is 3. The summed E-state index contributed by atoms with van der Waals surface area (Å²) in [5.74, 6) is -1.09. The van der Waals surface area contributed by atoms with Gasteiger partial charge in [-0.15, -0.1) is 11.3 Å². The second kappa shape index (κ2) is 5.00. The predicted molar refractivity (Wildman–Crippen MR) is 63.3 cm³/mol. The second-order valence-corrected chi connectivity index (χ2v) is 4.91. The largest absolute Gasteiger partial charge is 0.477 e. The number of hydrogen-bond donors (Lipinski definition) is 1. The fourth-order valence-electron chi connectivity index (χ4n) is 1.52. The summed E-state index contributed by atoms with van der Waals surface area (Å²) in [6.07, 6.45) is -3.00. The number of rotatable bonds is 3. The molecule has 1 aromatic heterocycles. The summed E-state index contributed by atoms with van der Waals surface area (Å²) in [4.78, 5) is 14.6. The highest BCUT2D eigenvalue weighted by molar-refractivity contribution is 7.13. The first kappa shape index (κ1) is 13.5. The summed E-state index contributed by atoms with van der Waals surface area (Å²) in [5, 5.41) is 9.21. The Balaban J connectivity index is 2.21. The van der Waals surface area contributed by atoms with Crippen molar-refractivity contribution in [2.45, 2.75) is 12.6 Å². The minimum Gasteiger partial charge on any atom is -0.477 e. The summed E-state index contributed by atoms with van der Waals surface area (Å²) < 4.78 is 37.6. The van der Waals surface area contributed by atoms with Gasteiger partial charge in [0.15, 0.2) is 0 Å². The van der Waals surface area contributed by atoms with Crippen LogP contribution >= 0.6 is 11.3 Å². The summed E-state index contributed by atoms with van der Waals surface area (Å²) in [6.45, 7) is 0. The van der Waals surface area contributed by atoms with Gasteiger partial charge in [0.05, 0.1) is 16.8 Å². The molecule has 0 saturated heterocycles. The molecule has 0 amide bonds. The van der Waals surface area contributed by atoms with Gasteiger partial charge in [0.25, 0.3) is 0 Å². The van der Waals surface area contributed by atoms with Crippen molar-refractivity contribution >= 4 is 17.3 Å². The third-order valence-electron chi connectivity index (χ3n) is 2.37. The van der Waals surface area contributed by atoms with Crippen LogP contribution in [-0.2, 0) is 12.6 Å². The first-order chi connectivity index (χ1) is 8.86. The molecule has 0 spiro atoms. The average molecular weight is 287 g/mol. The van der Waals surface area contributed by atoms with Crippen LogP contribution < -0.4 is 0 Å². The Labute approximate surface area is 110 Å². The van der Waals surface area contributed by atoms with E-state index < -0.39 is 17.7 Å². The molecule has 7 heteroatoms. The van der Waals surface area contributed by atoms with Crippen molar-refractivity contribution in [1.82, 2.24) is 4.98 Å². The zero-order valence-corrected chi connectivity index (χ0v) is 10.3. The van der Waals surface area contributed by atoms with E-state index in [1.807, 2.05) is 0 Å². The molecule has 0 aliphatic heterocycles. The Kier molecular flexibility index (Phi) is 3.57. The highest BCUT2D eigenvalue weighted by Gasteiger charge is 2.30. The average Bonchev–Trinajstić information content (AvgIpc) is 2.77. The van der Waals surface area contributed by atoms with Gasteiger partial charge in [-0.3, -0.25) is 0 Å². The summed E-state index contributed by atoms with van der Waals surface area (Å²) in [7, 11) is 0. The van der Waals surface area contributed by atoms with E-state index in [9.17, 15) is 18.0 Å². The molecule has 0 unspecified atom stereocenters. The number of aromatic carboxylic acids is 1. The third kappa shape index (κ3) is 3.31. The van der Waals surface area contributed by atoms with Crippen molar-refractivity contribution in [2.24, 2.45) is 0 Å². The molecule has 1 N–H and O–H groups in total. The Hall–Kier alpha value is -1.89. The minimum atomic E-state index is -4.38. The quantitative estimate of drug-likeness (QED) is 0.940. The lowest BCUT2D eigenvalue weighted by molar-refractivity contribution is -0.137. The van der Waals surface area contributed by atoms with E-state index in [2.05, 4.69) is 4.98 Å². The lowest BCUT2D eigenvalue weighted by atomic mass is 10.1. The summed E-state index contributed by atoms with van der Waals surface area (Å²) >= 11 is 0.957. The lowest BCUT2D eigenvalue weighted by Gasteiger charge is -2.07. The number of carbonyl (C=O) groups is 1. The highest BCUT2D eigenvalue weighted by atomic mass is 32.1. The van der Waals surface area contributed by atoms with Crippen molar-refractivity contribution in [3.63, 3.8) is 0 Å². The second-order valence-electron chi connectivity index (χ2n) is 3.80. The zero-order valence-electron chi connectivity index (χ0n) is 9.44. The first-order valence-corrected chi connectivity index (χ1v) is 6.02. The molecule has 0 aliphatic carbocycles. The van der Waals surface area contributed by atoms with Crippen LogP contribution in [0.1, 0.15) is 25.8 Å². The molecule has 0 aliphatic rings. The molecule has 100 valence electrons. The monoisotopic (exact) mass is 287 g/mol. The molecule has 0 fully saturated rings. The summed E-state index contributed by atoms with van der Waals surface area (Å²) in [5.41, 5.74) is -0.277. The fourth-order valence-corrected chi connectivity index (χ4v) is 2.31. The van der Waals surface area contributed by atoms with Crippen molar-refractivity contribution in [2.75, 3.05) is 0 Å². The van der Waals surface area contributed by atoms with Gasteiger partial charge in [-0.25, -0.2) is 9.78 Å². The molecule has 0 radical (unpaired) electrons. The normalized spacial score (nSPS) is 11.5. The van der Waals surface area contributed by atoms with Gasteiger partial charge >= 0.3 is 12.1 Å². The van der Waals surface area contributed by atoms with Crippen LogP contribution in [0.25, 0.3) is 0 Å². The number of carboxylic acids is 1. The maximum absolute atomic E-state index is 12.5. The van der Waals surface area contributed by atoms with Gasteiger partial charge in [0.1, 0.15) is 4.88 Å². The van der Waals surface area contributed by atoms with Gasteiger partial charge < -0.3 is 5.11 Å². The Morgan fingerprint density at radius 2 is 2.11 bits per heavy atom. The van der Waals surface area contributed by atoms with Crippen molar-refractivity contribution in [3.8, 4) is 0 Å². The van der Waals surface area contributed by atoms with E-state index in [0.717, 1.165) is 23.5 Å². The molecule has 2 aromatic rings. The Morgan fingerprint density at radius 3 is 2.68 bits per heavy atom. The third-order valence-corrected chi connectivity index (χ3v) is 3.36. The fraction of sp³-hybridized carbons (Fsp3) is 0.167. The number of hydrogen-bond acceptors (Lipinski definition) is 3. The molecule has 0 bridgehead atoms. The number of carboxylic acid groups (broad SMARTS) is 1. The topological polar surface area (TPSA) is 50.2 Å². The van der Waals surface area contributed by atoms with Gasteiger partial charge in [-0.05, 0) is 11.6 Å². The van der Waals surface area contributed by atoms with Gasteiger partial charge in [0, 0.05) is 6.42 Å². The lowest BCUT2D eigenvalue weighted by Crippen LogP contribution is -2.05. The highest BCUT2D eigenvalue weighted by Crippen LogP contribution is 2.30. The maximum atomic E-state index is 12.5. The molecule has 3 nitrogen and oxygen atoms in total. The van der Waals surface area contributed by atoms with E-state index in [1.165, 1.54) is 12.3 Å². The van der Waals surface area contributed by atoms with Crippen molar-refractivity contribution < 1.29 is 23.1 Å². The van der Waals surface area contributed by atoms with E-state index in [-0.39, 0.29) is 11.3 Å². The molecule has 2 rings (SSSR count). The molecule has 0 saturated carbocycles. The first-order valence-electron chi connectivity index (χ1n) is 5.20. The van der Waals surface area contributed by atoms with Crippen LogP contribution in [0, 0.1) is 0 Å². The summed E-state index contributed by atoms with van der Waals surface area (Å²) in [6, 6.07) is 4.91. The Bertz CT molecular complexity index is 607. The van der Waals surface area contributed by atoms with Crippen molar-refractivity contribution in [3.05, 3.63) is 51.5 Å². The van der Waals surface area contributed by atoms with Crippen LogP contribution in [0.4, 0.5) is 13.2 Å². The molecule has 19 heavy (non-hydrogen) atoms. The zero-order chi connectivity index (χ0) is 14.0. The maximum Gasteiger partial charge on any atom is 0.416 e. The van der Waals surface area contributed by atoms with Crippen LogP contribution in [-0.4, -0.2) is 16.1 Å². The number of nitrogens with zero attached hydrogens (tertiary/aromatic N) is 1. The number of halogens is 3. The Morgan fingerprint density at radius 1 is 1.37 bits per heavy atom. The molecular formula is C12H8F3NO2S. The van der Waals surface area contributed by atoms with E-state index >= 15 is 0 Å². The standard InChI is InChI=1S/C12H8F3NO2S/c13-12(14,15)8-3-1-2-7(4-8)5-10-16-6-9(19-10)11(17)18/h1-4,6H,5H2,(H,17,18). The van der Waals surface area contributed by atoms with Crippen molar-refractivity contribution in [1.29, 1.82) is 0 Å². The molecule has 1 heterocycles. The van der Waals surface area contributed by atoms with E-state index in [1.54, 1.807) is 6.07 Å². The number of benzene rings is 1. The smallest absolute Gasteiger partial charge is 0.416 e. The van der Waals surface area contributed by atoms with E-state index in [0.29, 0.717) is 10.6 Å². The molecular weight excluding hydrogens is 279 g/mol. The SMILES string of the molecule is O=C(O)c1cnc(Cc2cccc(C(F)(F)F)c2)s1. The minimum absolute atomic E-state index is 0.0713. The van der Waals surface area contributed by atoms with Crippen LogP contribution in [0.3, 0.4) is 0 Å². The van der Waals surface area contributed by atoms with Crippen LogP contribution in [0.5, 0.6) is 0 Å². The van der Waals surface area contributed by atoms with E-state index in [4.69, 9.17) is 5.11 Å². The number of aromatic nitrogens is 1. The molecule has 1 aromatic carbocycles. The van der Waals surface area contributed by atoms with Crippen LogP contribution in [0.2, 0.25) is 0 Å². The van der Waals surface area contributed by atoms with Gasteiger partial charge in [0.2, 0.25) is 0 Å². The predicted octanol–water partition coefficient (Wildman–Crippen LogP) is 3.45. The van der Waals surface area contributed by atoms with Gasteiger partial charge in [-0.2, -0.15) is 13.2 Å². The van der Waals surface area contributed by atoms with Gasteiger partial charge in [-0.1, -0.05) is 18.2 Å². The number of thiazole rings is 1. The van der Waals surface area contributed by atoms with Crippen LogP contribution in [0.15, 0.2) is 30.5 Å².